The predicted octanol–water partition coefficient (Wildman–Crippen LogP) is 2.06. The van der Waals surface area contributed by atoms with Crippen molar-refractivity contribution in [3.63, 3.8) is 0 Å². The number of nitrogens with one attached hydrogen (secondary N) is 4. The number of hydrogen-bond donors (Lipinski definition) is 4. The standard InChI is InChI=1S/C30H44N6O7.BF4/c1-21(2)16-24(28(40)42-15-14-36-13-12-35(6)20-36)34-27(39)23(17-22-10-8-7-9-11-22)33-26(38)19-31-25(37)18-32-29(41)43-30(3,4)5;2-1(3,4)5/h7-13,20-21,23-24H,14-19H2,1-6H3,(H3-,31,32,33,34,37,38,39,41);/q;-1/p+1/t23-,24-;/m0./s1. The molecular weight excluding hydrogens is 643 g/mol. The minimum Gasteiger partial charge on any atom is -0.460 e. The molecule has 48 heavy (non-hydrogen) atoms. The number of nitrogens with zero attached hydrogens (tertiary/aromatic N) is 2. The number of amides is 4. The number of esters is 1. The lowest BCUT2D eigenvalue weighted by molar-refractivity contribution is -0.671. The summed E-state index contributed by atoms with van der Waals surface area (Å²) in [4.78, 5) is 63.0. The Morgan fingerprint density at radius 3 is 2.06 bits per heavy atom. The molecule has 0 aliphatic carbocycles. The number of aryl methyl sites for hydroxylation is 1. The molecule has 0 fully saturated rings. The van der Waals surface area contributed by atoms with Crippen LogP contribution in [-0.4, -0.2) is 79.0 Å². The van der Waals surface area contributed by atoms with Crippen LogP contribution in [0.25, 0.3) is 0 Å². The number of carbonyl (C=O) groups is 5. The largest absolute Gasteiger partial charge is 0.673 e. The topological polar surface area (TPSA) is 161 Å². The van der Waals surface area contributed by atoms with Gasteiger partial charge in [-0.05, 0) is 38.7 Å². The third kappa shape index (κ3) is 20.5. The molecule has 4 N–H and O–H groups in total. The molecule has 0 spiro atoms. The first-order valence-electron chi connectivity index (χ1n) is 15.1. The van der Waals surface area contributed by atoms with Gasteiger partial charge in [-0.1, -0.05) is 44.2 Å². The third-order valence-corrected chi connectivity index (χ3v) is 5.90. The van der Waals surface area contributed by atoms with E-state index in [-0.39, 0.29) is 18.9 Å². The first kappa shape index (κ1) is 41.4. The molecule has 0 radical (unpaired) electrons. The Labute approximate surface area is 277 Å². The van der Waals surface area contributed by atoms with E-state index in [1.165, 1.54) is 0 Å². The van der Waals surface area contributed by atoms with Gasteiger partial charge >= 0.3 is 19.3 Å². The molecule has 18 heteroatoms. The van der Waals surface area contributed by atoms with Crippen molar-refractivity contribution in [2.75, 3.05) is 19.7 Å². The van der Waals surface area contributed by atoms with E-state index in [0.29, 0.717) is 13.0 Å². The van der Waals surface area contributed by atoms with Crippen LogP contribution in [0.5, 0.6) is 0 Å². The molecule has 2 rings (SSSR count). The van der Waals surface area contributed by atoms with Crippen LogP contribution in [0.4, 0.5) is 22.1 Å². The molecule has 1 aromatic heterocycles. The van der Waals surface area contributed by atoms with E-state index in [1.54, 1.807) is 20.8 Å². The number of imidazole rings is 1. The second-order valence-electron chi connectivity index (χ2n) is 12.1. The molecule has 13 nitrogen and oxygen atoms in total. The molecule has 0 unspecified atom stereocenters. The third-order valence-electron chi connectivity index (χ3n) is 5.90. The average Bonchev–Trinajstić information content (AvgIpc) is 3.37. The minimum atomic E-state index is -6.00. The lowest BCUT2D eigenvalue weighted by Crippen LogP contribution is -2.54. The summed E-state index contributed by atoms with van der Waals surface area (Å²) in [6, 6.07) is 7.15. The molecule has 0 bridgehead atoms. The zero-order valence-electron chi connectivity index (χ0n) is 27.9. The van der Waals surface area contributed by atoms with Crippen molar-refractivity contribution in [3.05, 3.63) is 54.6 Å². The number of hydrogen-bond acceptors (Lipinski definition) is 7. The van der Waals surface area contributed by atoms with Gasteiger partial charge < -0.3 is 48.0 Å². The number of carbonyl (C=O) groups excluding carboxylic acids is 5. The van der Waals surface area contributed by atoms with Crippen LogP contribution in [0.15, 0.2) is 49.1 Å². The number of halogens is 4. The fraction of sp³-hybridized carbons (Fsp3) is 0.533. The van der Waals surface area contributed by atoms with Crippen LogP contribution in [-0.2, 0) is 48.7 Å². The maximum Gasteiger partial charge on any atom is 0.673 e. The van der Waals surface area contributed by atoms with E-state index in [0.717, 1.165) is 5.56 Å². The molecule has 0 aliphatic heterocycles. The summed E-state index contributed by atoms with van der Waals surface area (Å²) in [6.45, 7) is 8.70. The van der Waals surface area contributed by atoms with Crippen molar-refractivity contribution < 1.29 is 55.3 Å². The number of benzene rings is 1. The van der Waals surface area contributed by atoms with Gasteiger partial charge in [-0.25, -0.2) is 18.7 Å². The van der Waals surface area contributed by atoms with Gasteiger partial charge in [0.15, 0.2) is 0 Å². The predicted molar refractivity (Wildman–Crippen MR) is 167 cm³/mol. The molecule has 0 saturated heterocycles. The highest BCUT2D eigenvalue weighted by Gasteiger charge is 2.29. The fourth-order valence-corrected chi connectivity index (χ4v) is 3.96. The van der Waals surface area contributed by atoms with Crippen molar-refractivity contribution >= 4 is 37.0 Å². The van der Waals surface area contributed by atoms with E-state index in [4.69, 9.17) is 9.47 Å². The van der Waals surface area contributed by atoms with Gasteiger partial charge in [-0.2, -0.15) is 0 Å². The molecule has 0 aliphatic rings. The number of ether oxygens (including phenoxy) is 2. The minimum absolute atomic E-state index is 0.0769. The maximum absolute atomic E-state index is 13.4. The smallest absolute Gasteiger partial charge is 0.460 e. The van der Waals surface area contributed by atoms with Gasteiger partial charge in [0.25, 0.3) is 0 Å². The Bertz CT molecular complexity index is 1330. The Morgan fingerprint density at radius 2 is 1.52 bits per heavy atom. The molecule has 1 heterocycles. The summed E-state index contributed by atoms with van der Waals surface area (Å²) < 4.78 is 53.3. The Morgan fingerprint density at radius 1 is 0.917 bits per heavy atom. The molecule has 268 valence electrons. The van der Waals surface area contributed by atoms with Gasteiger partial charge in [0.05, 0.1) is 13.6 Å². The zero-order valence-corrected chi connectivity index (χ0v) is 27.9. The van der Waals surface area contributed by atoms with Crippen molar-refractivity contribution in [3.8, 4) is 0 Å². The SMILES string of the molecule is CC(C)C[C@H](NC(=O)[C@H](Cc1ccccc1)NC(=O)CNC(=O)CNC(=O)OC(C)(C)C)C(=O)OCCn1cc[n+](C)c1.F[B-](F)(F)F. The normalized spacial score (nSPS) is 12.5. The van der Waals surface area contributed by atoms with Crippen LogP contribution >= 0.6 is 0 Å². The van der Waals surface area contributed by atoms with E-state index < -0.39 is 67.8 Å². The van der Waals surface area contributed by atoms with Gasteiger partial charge in [-0.3, -0.25) is 14.4 Å². The summed E-state index contributed by atoms with van der Waals surface area (Å²) in [5, 5.41) is 10.1. The van der Waals surface area contributed by atoms with Crippen molar-refractivity contribution in [2.24, 2.45) is 13.0 Å². The second kappa shape index (κ2) is 19.9. The molecule has 2 aromatic rings. The van der Waals surface area contributed by atoms with Gasteiger partial charge in [0.2, 0.25) is 24.0 Å². The van der Waals surface area contributed by atoms with E-state index in [1.807, 2.05) is 79.1 Å². The summed E-state index contributed by atoms with van der Waals surface area (Å²) >= 11 is 0. The van der Waals surface area contributed by atoms with Crippen molar-refractivity contribution in [1.82, 2.24) is 25.8 Å². The van der Waals surface area contributed by atoms with Crippen LogP contribution in [0.1, 0.15) is 46.6 Å². The van der Waals surface area contributed by atoms with Crippen LogP contribution < -0.4 is 25.8 Å². The first-order valence-corrected chi connectivity index (χ1v) is 15.1. The van der Waals surface area contributed by atoms with Crippen molar-refractivity contribution in [1.29, 1.82) is 0 Å². The molecule has 4 amide bonds. The lowest BCUT2D eigenvalue weighted by Gasteiger charge is -2.24. The zero-order chi connectivity index (χ0) is 36.5. The van der Waals surface area contributed by atoms with E-state index in [9.17, 15) is 41.2 Å². The Balaban J connectivity index is 0.00000213. The van der Waals surface area contributed by atoms with Crippen LogP contribution in [0.2, 0.25) is 0 Å². The summed E-state index contributed by atoms with van der Waals surface area (Å²) in [6.07, 6.45) is 5.32. The Hall–Kier alpha value is -4.64. The number of rotatable bonds is 15. The first-order chi connectivity index (χ1) is 22.2. The van der Waals surface area contributed by atoms with Gasteiger partial charge in [0, 0.05) is 6.42 Å². The van der Waals surface area contributed by atoms with Crippen LogP contribution in [0.3, 0.4) is 0 Å². The highest BCUT2D eigenvalue weighted by molar-refractivity contribution is 6.50. The highest BCUT2D eigenvalue weighted by Crippen LogP contribution is 2.10. The summed E-state index contributed by atoms with van der Waals surface area (Å²) in [7, 11) is -4.11. The van der Waals surface area contributed by atoms with Gasteiger partial charge in [0.1, 0.15) is 49.8 Å². The van der Waals surface area contributed by atoms with E-state index in [2.05, 4.69) is 21.3 Å². The highest BCUT2D eigenvalue weighted by atomic mass is 19.5. The molecule has 0 saturated carbocycles. The fourth-order valence-electron chi connectivity index (χ4n) is 3.96. The summed E-state index contributed by atoms with van der Waals surface area (Å²) in [5.41, 5.74) is 0.0670. The van der Waals surface area contributed by atoms with E-state index >= 15 is 0 Å². The average molecular weight is 689 g/mol. The quantitative estimate of drug-likeness (QED) is 0.0965. The summed E-state index contributed by atoms with van der Waals surface area (Å²) in [5.74, 6) is -2.28. The maximum atomic E-state index is 13.4. The number of aromatic nitrogens is 2. The lowest BCUT2D eigenvalue weighted by atomic mass is 10.0. The monoisotopic (exact) mass is 688 g/mol. The van der Waals surface area contributed by atoms with Crippen LogP contribution in [0, 0.1) is 5.92 Å². The van der Waals surface area contributed by atoms with Crippen molar-refractivity contribution in [2.45, 2.75) is 71.7 Å². The Kier molecular flexibility index (Phi) is 17.2. The molecular formula is C30H45BF4N6O7. The second-order valence-corrected chi connectivity index (χ2v) is 12.1. The molecule has 1 aromatic carbocycles. The molecule has 2 atom stereocenters. The van der Waals surface area contributed by atoms with Gasteiger partial charge in [-0.15, -0.1) is 0 Å². The number of alkyl carbamates (subject to hydrolysis) is 1.